The number of aryl methyl sites for hydroxylation is 2. The molecule has 0 spiro atoms. The number of nitrogens with zero attached hydrogens (tertiary/aromatic N) is 3. The van der Waals surface area contributed by atoms with Crippen molar-refractivity contribution in [1.82, 2.24) is 14.5 Å². The van der Waals surface area contributed by atoms with E-state index in [1.807, 2.05) is 24.4 Å². The van der Waals surface area contributed by atoms with Gasteiger partial charge in [-0.05, 0) is 43.4 Å². The Kier molecular flexibility index (Phi) is 5.91. The number of carbonyl (C=O) groups is 2. The molecule has 0 saturated carbocycles. The molecule has 0 radical (unpaired) electrons. The molecule has 0 aliphatic carbocycles. The third-order valence-corrected chi connectivity index (χ3v) is 6.95. The number of ether oxygens (including phenoxy) is 1. The molecule has 3 heterocycles. The summed E-state index contributed by atoms with van der Waals surface area (Å²) in [6.07, 6.45) is 2.60. The number of thiophene rings is 1. The highest BCUT2D eigenvalue weighted by atomic mass is 32.1. The Morgan fingerprint density at radius 2 is 1.94 bits per heavy atom. The van der Waals surface area contributed by atoms with Crippen molar-refractivity contribution < 1.29 is 14.3 Å². The number of piperidine rings is 1. The van der Waals surface area contributed by atoms with Crippen molar-refractivity contribution in [3.05, 3.63) is 51.4 Å². The van der Waals surface area contributed by atoms with E-state index in [-0.39, 0.29) is 29.9 Å². The second-order valence-electron chi connectivity index (χ2n) is 7.98. The number of esters is 1. The number of amides is 1. The fraction of sp³-hybridized carbons (Fsp3) is 0.391. The quantitative estimate of drug-likeness (QED) is 0.584. The number of hydrogen-bond donors (Lipinski definition) is 0. The number of likely N-dealkylation sites (tertiary alicyclic amines) is 1. The minimum absolute atomic E-state index is 0.0626. The Balaban J connectivity index is 1.57. The molecule has 8 heteroatoms. The average molecular weight is 440 g/mol. The summed E-state index contributed by atoms with van der Waals surface area (Å²) in [6, 6.07) is 6.13. The lowest BCUT2D eigenvalue weighted by atomic mass is 9.97. The molecule has 0 N–H and O–H groups in total. The number of benzene rings is 1. The van der Waals surface area contributed by atoms with E-state index < -0.39 is 0 Å². The fourth-order valence-electron chi connectivity index (χ4n) is 3.98. The molecule has 1 aliphatic rings. The van der Waals surface area contributed by atoms with Crippen LogP contribution in [0, 0.1) is 19.8 Å². The summed E-state index contributed by atoms with van der Waals surface area (Å²) >= 11 is 1.43. The van der Waals surface area contributed by atoms with Gasteiger partial charge in [-0.25, -0.2) is 4.98 Å². The number of hydrogen-bond acceptors (Lipinski definition) is 6. The molecule has 31 heavy (non-hydrogen) atoms. The van der Waals surface area contributed by atoms with Gasteiger partial charge in [0.2, 0.25) is 5.91 Å². The molecule has 0 atom stereocenters. The predicted molar refractivity (Wildman–Crippen MR) is 120 cm³/mol. The van der Waals surface area contributed by atoms with E-state index in [0.717, 1.165) is 16.7 Å². The first-order valence-corrected chi connectivity index (χ1v) is 11.2. The zero-order valence-electron chi connectivity index (χ0n) is 17.9. The van der Waals surface area contributed by atoms with Gasteiger partial charge in [0.25, 0.3) is 5.56 Å². The van der Waals surface area contributed by atoms with Crippen molar-refractivity contribution in [3.63, 3.8) is 0 Å². The van der Waals surface area contributed by atoms with Crippen molar-refractivity contribution in [2.75, 3.05) is 20.2 Å². The highest BCUT2D eigenvalue weighted by Gasteiger charge is 2.28. The summed E-state index contributed by atoms with van der Waals surface area (Å²) in [4.78, 5) is 44.5. The number of rotatable bonds is 4. The Morgan fingerprint density at radius 1 is 1.19 bits per heavy atom. The van der Waals surface area contributed by atoms with Gasteiger partial charge in [0.1, 0.15) is 11.4 Å². The summed E-state index contributed by atoms with van der Waals surface area (Å²) in [5.41, 5.74) is 3.97. The fourth-order valence-corrected chi connectivity index (χ4v) is 4.89. The lowest BCUT2D eigenvalue weighted by Crippen LogP contribution is -2.43. The van der Waals surface area contributed by atoms with Crippen molar-refractivity contribution >= 4 is 33.4 Å². The van der Waals surface area contributed by atoms with E-state index in [1.54, 1.807) is 4.90 Å². The number of carbonyl (C=O) groups excluding carboxylic acids is 2. The zero-order chi connectivity index (χ0) is 22.1. The summed E-state index contributed by atoms with van der Waals surface area (Å²) < 4.78 is 6.18. The maximum absolute atomic E-state index is 13.2. The van der Waals surface area contributed by atoms with E-state index in [9.17, 15) is 14.4 Å². The van der Waals surface area contributed by atoms with Crippen LogP contribution < -0.4 is 5.56 Å². The van der Waals surface area contributed by atoms with Crippen LogP contribution in [-0.2, 0) is 20.9 Å². The molecule has 1 saturated heterocycles. The van der Waals surface area contributed by atoms with Gasteiger partial charge in [0, 0.05) is 24.0 Å². The normalized spacial score (nSPS) is 14.7. The largest absolute Gasteiger partial charge is 0.469 e. The number of aromatic nitrogens is 2. The third kappa shape index (κ3) is 4.12. The molecule has 1 aromatic carbocycles. The van der Waals surface area contributed by atoms with Crippen molar-refractivity contribution in [3.8, 4) is 11.1 Å². The number of fused-ring (bicyclic) bond motifs is 1. The average Bonchev–Trinajstić information content (AvgIpc) is 3.22. The van der Waals surface area contributed by atoms with Gasteiger partial charge in [0.15, 0.2) is 0 Å². The van der Waals surface area contributed by atoms with E-state index in [2.05, 4.69) is 18.0 Å². The van der Waals surface area contributed by atoms with Crippen molar-refractivity contribution in [1.29, 1.82) is 0 Å². The second kappa shape index (κ2) is 8.63. The summed E-state index contributed by atoms with van der Waals surface area (Å²) in [6.45, 7) is 5.00. The van der Waals surface area contributed by atoms with E-state index in [4.69, 9.17) is 4.74 Å². The summed E-state index contributed by atoms with van der Waals surface area (Å²) in [5.74, 6) is -0.537. The van der Waals surface area contributed by atoms with Gasteiger partial charge >= 0.3 is 5.97 Å². The lowest BCUT2D eigenvalue weighted by molar-refractivity contribution is -0.149. The Hall–Kier alpha value is -3.00. The first kappa shape index (κ1) is 21.2. The van der Waals surface area contributed by atoms with E-state index in [0.29, 0.717) is 36.1 Å². The standard InChI is InChI=1S/C23H25N3O4S/c1-14-4-5-17(10-15(14)2)18-12-31-21-20(18)22(28)26(13-24-21)11-19(27)25-8-6-16(7-9-25)23(29)30-3/h4-5,10,12-13,16H,6-9,11H2,1-3H3. The molecule has 0 unspecified atom stereocenters. The van der Waals surface area contributed by atoms with Gasteiger partial charge in [-0.1, -0.05) is 18.2 Å². The molecule has 7 nitrogen and oxygen atoms in total. The maximum atomic E-state index is 13.2. The monoisotopic (exact) mass is 439 g/mol. The molecule has 1 aliphatic heterocycles. The smallest absolute Gasteiger partial charge is 0.308 e. The second-order valence-corrected chi connectivity index (χ2v) is 8.84. The molecule has 3 aromatic rings. The zero-order valence-corrected chi connectivity index (χ0v) is 18.7. The molecular formula is C23H25N3O4S. The van der Waals surface area contributed by atoms with Crippen molar-refractivity contribution in [2.45, 2.75) is 33.2 Å². The molecular weight excluding hydrogens is 414 g/mol. The summed E-state index contributed by atoms with van der Waals surface area (Å²) in [7, 11) is 1.38. The third-order valence-electron chi connectivity index (χ3n) is 6.07. The minimum Gasteiger partial charge on any atom is -0.469 e. The van der Waals surface area contributed by atoms with Gasteiger partial charge in [0.05, 0.1) is 24.7 Å². The van der Waals surface area contributed by atoms with E-state index in [1.165, 1.54) is 34.9 Å². The first-order chi connectivity index (χ1) is 14.9. The van der Waals surface area contributed by atoms with Crippen LogP contribution in [0.25, 0.3) is 21.3 Å². The van der Waals surface area contributed by atoms with Crippen LogP contribution in [-0.4, -0.2) is 46.5 Å². The van der Waals surface area contributed by atoms with Crippen LogP contribution in [0.15, 0.2) is 34.7 Å². The Morgan fingerprint density at radius 3 is 2.61 bits per heavy atom. The SMILES string of the molecule is COC(=O)C1CCN(C(=O)Cn2cnc3scc(-c4ccc(C)c(C)c4)c3c2=O)CC1. The molecule has 2 aromatic heterocycles. The number of methoxy groups -OCH3 is 1. The van der Waals surface area contributed by atoms with Gasteiger partial charge in [-0.15, -0.1) is 11.3 Å². The molecule has 1 amide bonds. The van der Waals surface area contributed by atoms with E-state index >= 15 is 0 Å². The minimum atomic E-state index is -0.228. The maximum Gasteiger partial charge on any atom is 0.308 e. The van der Waals surface area contributed by atoms with Crippen LogP contribution in [0.4, 0.5) is 0 Å². The first-order valence-electron chi connectivity index (χ1n) is 10.3. The highest BCUT2D eigenvalue weighted by Crippen LogP contribution is 2.31. The Labute approximate surface area is 184 Å². The highest BCUT2D eigenvalue weighted by molar-refractivity contribution is 7.17. The van der Waals surface area contributed by atoms with Crippen LogP contribution in [0.5, 0.6) is 0 Å². The topological polar surface area (TPSA) is 81.5 Å². The van der Waals surface area contributed by atoms with Crippen molar-refractivity contribution in [2.24, 2.45) is 5.92 Å². The predicted octanol–water partition coefficient (Wildman–Crippen LogP) is 3.15. The molecule has 4 rings (SSSR count). The lowest BCUT2D eigenvalue weighted by Gasteiger charge is -2.30. The van der Waals surface area contributed by atoms with Gasteiger partial charge < -0.3 is 9.64 Å². The van der Waals surface area contributed by atoms with Crippen LogP contribution in [0.3, 0.4) is 0 Å². The van der Waals surface area contributed by atoms with Crippen LogP contribution in [0.2, 0.25) is 0 Å². The van der Waals surface area contributed by atoms with Gasteiger partial charge in [-0.3, -0.25) is 19.0 Å². The molecule has 0 bridgehead atoms. The molecule has 1 fully saturated rings. The van der Waals surface area contributed by atoms with Gasteiger partial charge in [-0.2, -0.15) is 0 Å². The van der Waals surface area contributed by atoms with Crippen LogP contribution >= 0.6 is 11.3 Å². The Bertz CT molecular complexity index is 1210. The molecule has 162 valence electrons. The summed E-state index contributed by atoms with van der Waals surface area (Å²) in [5, 5.41) is 2.50. The van der Waals surface area contributed by atoms with Crippen LogP contribution in [0.1, 0.15) is 24.0 Å².